The minimum absolute atomic E-state index is 0.262. The Labute approximate surface area is 117 Å². The summed E-state index contributed by atoms with van der Waals surface area (Å²) < 4.78 is 24.0. The van der Waals surface area contributed by atoms with Gasteiger partial charge in [-0.25, -0.2) is 4.39 Å². The maximum Gasteiger partial charge on any atom is 0.134 e. The number of benzene rings is 1. The van der Waals surface area contributed by atoms with Crippen LogP contribution in [0.1, 0.15) is 30.9 Å². The van der Waals surface area contributed by atoms with E-state index >= 15 is 0 Å². The van der Waals surface area contributed by atoms with Crippen LogP contribution in [0.4, 0.5) is 4.39 Å². The zero-order chi connectivity index (χ0) is 14.5. The molecule has 0 aliphatic carbocycles. The second kappa shape index (κ2) is 6.52. The van der Waals surface area contributed by atoms with E-state index in [2.05, 4.69) is 10.5 Å². The first kappa shape index (κ1) is 14.5. The second-order valence-corrected chi connectivity index (χ2v) is 5.05. The molecule has 5 heteroatoms. The van der Waals surface area contributed by atoms with Gasteiger partial charge in [-0.05, 0) is 24.6 Å². The molecule has 1 aromatic carbocycles. The maximum atomic E-state index is 13.5. The van der Waals surface area contributed by atoms with Crippen LogP contribution < -0.4 is 10.1 Å². The van der Waals surface area contributed by atoms with Crippen molar-refractivity contribution in [3.05, 3.63) is 47.1 Å². The monoisotopic (exact) mass is 278 g/mol. The van der Waals surface area contributed by atoms with Crippen molar-refractivity contribution in [3.8, 4) is 5.75 Å². The third-order valence-electron chi connectivity index (χ3n) is 2.71. The second-order valence-electron chi connectivity index (χ2n) is 5.05. The van der Waals surface area contributed by atoms with Gasteiger partial charge in [0.1, 0.15) is 29.6 Å². The van der Waals surface area contributed by atoms with E-state index in [1.165, 1.54) is 12.1 Å². The first-order chi connectivity index (χ1) is 9.52. The van der Waals surface area contributed by atoms with Gasteiger partial charge in [-0.1, -0.05) is 19.0 Å². The number of nitrogens with zero attached hydrogens (tertiary/aromatic N) is 1. The molecule has 108 valence electrons. The van der Waals surface area contributed by atoms with Crippen LogP contribution in [0.5, 0.6) is 5.75 Å². The van der Waals surface area contributed by atoms with Crippen LogP contribution in [-0.2, 0) is 13.2 Å². The minimum Gasteiger partial charge on any atom is -0.487 e. The van der Waals surface area contributed by atoms with E-state index in [1.807, 2.05) is 26.8 Å². The molecule has 0 aliphatic rings. The Kier molecular flexibility index (Phi) is 4.74. The van der Waals surface area contributed by atoms with Crippen molar-refractivity contribution < 1.29 is 13.7 Å². The summed E-state index contributed by atoms with van der Waals surface area (Å²) in [6.07, 6.45) is 0. The van der Waals surface area contributed by atoms with Crippen LogP contribution in [0, 0.1) is 12.7 Å². The molecule has 0 radical (unpaired) electrons. The Morgan fingerprint density at radius 1 is 1.30 bits per heavy atom. The fourth-order valence-corrected chi connectivity index (χ4v) is 1.77. The molecular formula is C15H19FN2O2. The van der Waals surface area contributed by atoms with Gasteiger partial charge in [-0.15, -0.1) is 0 Å². The largest absolute Gasteiger partial charge is 0.487 e. The van der Waals surface area contributed by atoms with Crippen LogP contribution in [0.2, 0.25) is 0 Å². The lowest BCUT2D eigenvalue weighted by atomic mass is 10.2. The van der Waals surface area contributed by atoms with E-state index in [1.54, 1.807) is 6.07 Å². The molecule has 0 saturated carbocycles. The summed E-state index contributed by atoms with van der Waals surface area (Å²) in [5.74, 6) is 0.912. The molecule has 1 heterocycles. The number of nitrogens with one attached hydrogen (secondary N) is 1. The number of hydrogen-bond donors (Lipinski definition) is 1. The molecule has 0 saturated heterocycles. The van der Waals surface area contributed by atoms with E-state index in [0.29, 0.717) is 24.0 Å². The molecule has 0 spiro atoms. The van der Waals surface area contributed by atoms with Gasteiger partial charge in [-0.3, -0.25) is 0 Å². The summed E-state index contributed by atoms with van der Waals surface area (Å²) in [6.45, 7) is 6.77. The van der Waals surface area contributed by atoms with Crippen molar-refractivity contribution in [2.24, 2.45) is 0 Å². The highest BCUT2D eigenvalue weighted by atomic mass is 19.1. The van der Waals surface area contributed by atoms with Gasteiger partial charge in [0.2, 0.25) is 0 Å². The van der Waals surface area contributed by atoms with Crippen LogP contribution in [0.25, 0.3) is 0 Å². The molecule has 2 rings (SSSR count). The lowest BCUT2D eigenvalue weighted by Gasteiger charge is -2.10. The van der Waals surface area contributed by atoms with Crippen molar-refractivity contribution >= 4 is 0 Å². The highest BCUT2D eigenvalue weighted by molar-refractivity contribution is 5.29. The summed E-state index contributed by atoms with van der Waals surface area (Å²) >= 11 is 0. The highest BCUT2D eigenvalue weighted by Crippen LogP contribution is 2.18. The molecule has 1 aromatic heterocycles. The van der Waals surface area contributed by atoms with E-state index in [0.717, 1.165) is 11.3 Å². The third-order valence-corrected chi connectivity index (χ3v) is 2.71. The Balaban J connectivity index is 2.00. The fraction of sp³-hybridized carbons (Fsp3) is 0.400. The highest BCUT2D eigenvalue weighted by Gasteiger charge is 2.05. The summed E-state index contributed by atoms with van der Waals surface area (Å²) in [7, 11) is 0. The molecule has 0 unspecified atom stereocenters. The zero-order valence-corrected chi connectivity index (χ0v) is 11.9. The standard InChI is InChI=1S/C15H19FN2O2/c1-10(2)17-8-12-5-13(16)7-15(6-12)19-9-14-4-11(3)20-18-14/h4-7,10,17H,8-9H2,1-3H3. The molecule has 1 N–H and O–H groups in total. The predicted octanol–water partition coefficient (Wildman–Crippen LogP) is 3.20. The predicted molar refractivity (Wildman–Crippen MR) is 73.9 cm³/mol. The van der Waals surface area contributed by atoms with Crippen LogP contribution >= 0.6 is 0 Å². The topological polar surface area (TPSA) is 47.3 Å². The number of rotatable bonds is 6. The van der Waals surface area contributed by atoms with E-state index < -0.39 is 0 Å². The minimum atomic E-state index is -0.306. The average molecular weight is 278 g/mol. The molecule has 4 nitrogen and oxygen atoms in total. The first-order valence-corrected chi connectivity index (χ1v) is 6.61. The molecule has 0 fully saturated rings. The van der Waals surface area contributed by atoms with E-state index in [-0.39, 0.29) is 12.4 Å². The van der Waals surface area contributed by atoms with Crippen LogP contribution in [-0.4, -0.2) is 11.2 Å². The van der Waals surface area contributed by atoms with E-state index in [4.69, 9.17) is 9.26 Å². The Bertz CT molecular complexity index is 567. The average Bonchev–Trinajstić information content (AvgIpc) is 2.79. The van der Waals surface area contributed by atoms with Crippen molar-refractivity contribution in [1.29, 1.82) is 0 Å². The SMILES string of the molecule is Cc1cc(COc2cc(F)cc(CNC(C)C)c2)no1. The fourth-order valence-electron chi connectivity index (χ4n) is 1.77. The zero-order valence-electron chi connectivity index (χ0n) is 11.9. The van der Waals surface area contributed by atoms with Crippen LogP contribution in [0.3, 0.4) is 0 Å². The molecular weight excluding hydrogens is 259 g/mol. The van der Waals surface area contributed by atoms with Crippen molar-refractivity contribution in [1.82, 2.24) is 10.5 Å². The molecule has 2 aromatic rings. The number of hydrogen-bond acceptors (Lipinski definition) is 4. The number of aromatic nitrogens is 1. The molecule has 0 aliphatic heterocycles. The van der Waals surface area contributed by atoms with Gasteiger partial charge in [-0.2, -0.15) is 0 Å². The maximum absolute atomic E-state index is 13.5. The van der Waals surface area contributed by atoms with Crippen molar-refractivity contribution in [2.75, 3.05) is 0 Å². The summed E-state index contributed by atoms with van der Waals surface area (Å²) in [5.41, 5.74) is 1.54. The summed E-state index contributed by atoms with van der Waals surface area (Å²) in [5, 5.41) is 7.07. The normalized spacial score (nSPS) is 11.1. The number of ether oxygens (including phenoxy) is 1. The Morgan fingerprint density at radius 2 is 2.10 bits per heavy atom. The van der Waals surface area contributed by atoms with Gasteiger partial charge in [0, 0.05) is 24.7 Å². The molecule has 0 atom stereocenters. The molecule has 0 amide bonds. The van der Waals surface area contributed by atoms with Gasteiger partial charge < -0.3 is 14.6 Å². The molecule has 20 heavy (non-hydrogen) atoms. The first-order valence-electron chi connectivity index (χ1n) is 6.61. The lowest BCUT2D eigenvalue weighted by molar-refractivity contribution is 0.286. The quantitative estimate of drug-likeness (QED) is 0.881. The lowest BCUT2D eigenvalue weighted by Crippen LogP contribution is -2.21. The Hall–Kier alpha value is -1.88. The third kappa shape index (κ3) is 4.35. The van der Waals surface area contributed by atoms with Crippen molar-refractivity contribution in [3.63, 3.8) is 0 Å². The number of aryl methyl sites for hydroxylation is 1. The van der Waals surface area contributed by atoms with Gasteiger partial charge in [0.15, 0.2) is 0 Å². The smallest absolute Gasteiger partial charge is 0.134 e. The van der Waals surface area contributed by atoms with Gasteiger partial charge >= 0.3 is 0 Å². The molecule has 0 bridgehead atoms. The summed E-state index contributed by atoms with van der Waals surface area (Å²) in [4.78, 5) is 0. The van der Waals surface area contributed by atoms with Gasteiger partial charge in [0.05, 0.1) is 0 Å². The van der Waals surface area contributed by atoms with E-state index in [9.17, 15) is 4.39 Å². The van der Waals surface area contributed by atoms with Crippen molar-refractivity contribution in [2.45, 2.75) is 40.0 Å². The summed E-state index contributed by atoms with van der Waals surface area (Å²) in [6, 6.07) is 6.83. The number of halogens is 1. The van der Waals surface area contributed by atoms with Crippen LogP contribution in [0.15, 0.2) is 28.8 Å². The van der Waals surface area contributed by atoms with Gasteiger partial charge in [0.25, 0.3) is 0 Å². The Morgan fingerprint density at radius 3 is 2.75 bits per heavy atom.